The summed E-state index contributed by atoms with van der Waals surface area (Å²) in [7, 11) is 0. The van der Waals surface area contributed by atoms with Crippen molar-refractivity contribution in [1.29, 1.82) is 0 Å². The highest BCUT2D eigenvalue weighted by Crippen LogP contribution is 2.46. The lowest BCUT2D eigenvalue weighted by Crippen LogP contribution is -2.01. The molecular formula is C123H75N9O3. The average Bonchev–Trinajstić information content (AvgIpc) is 1.73. The largest absolute Gasteiger partial charge is 0.456 e. The third kappa shape index (κ3) is 14.6. The molecule has 630 valence electrons. The van der Waals surface area contributed by atoms with Crippen LogP contribution in [-0.2, 0) is 0 Å². The zero-order valence-corrected chi connectivity index (χ0v) is 72.6. The maximum Gasteiger partial charge on any atom is 0.164 e. The van der Waals surface area contributed by atoms with Gasteiger partial charge >= 0.3 is 0 Å². The SMILES string of the molecule is c1ccc(-c2nc(-c3ccc4ccccc4c3)nc(-c3cccc4c(-c5cccc6oc7ccccc7c56)cccc34)n2)cc1.c1ccc(-c2nc(-c3ccccc3)nc(-c3ccc4c(-c5cccc6oc7ccccc7c56)cccc4c3)n2)cc1.c1ccc2cc(-c3nc(-c4ccc5ccccc5c4)nc(-c4cccc5c(-c6cccc7oc8ccccc8c67)cccc45)n3)ccc2c1. The van der Waals surface area contributed by atoms with Gasteiger partial charge in [-0.05, 0) is 159 Å². The van der Waals surface area contributed by atoms with E-state index in [1.165, 1.54) is 16.2 Å². The smallest absolute Gasteiger partial charge is 0.164 e. The highest BCUT2D eigenvalue weighted by Gasteiger charge is 2.24. The second-order valence-electron chi connectivity index (χ2n) is 33.7. The summed E-state index contributed by atoms with van der Waals surface area (Å²) in [6, 6.07) is 157. The summed E-state index contributed by atoms with van der Waals surface area (Å²) in [5, 5.41) is 20.4. The van der Waals surface area contributed by atoms with Crippen molar-refractivity contribution < 1.29 is 13.3 Å². The van der Waals surface area contributed by atoms with Gasteiger partial charge in [-0.1, -0.05) is 394 Å². The van der Waals surface area contributed by atoms with E-state index in [-0.39, 0.29) is 0 Å². The molecule has 0 radical (unpaired) electrons. The number of rotatable bonds is 12. The topological polar surface area (TPSA) is 155 Å². The van der Waals surface area contributed by atoms with Gasteiger partial charge in [0.2, 0.25) is 0 Å². The molecule has 0 atom stereocenters. The monoisotopic (exact) mass is 1730 g/mol. The summed E-state index contributed by atoms with van der Waals surface area (Å²) in [5.41, 5.74) is 20.8. The number of benzene rings is 21. The minimum absolute atomic E-state index is 0.635. The van der Waals surface area contributed by atoms with Crippen molar-refractivity contribution in [2.45, 2.75) is 0 Å². The minimum Gasteiger partial charge on any atom is -0.456 e. The molecule has 6 aromatic heterocycles. The van der Waals surface area contributed by atoms with Gasteiger partial charge in [0.25, 0.3) is 0 Å². The van der Waals surface area contributed by atoms with Gasteiger partial charge in [-0.3, -0.25) is 0 Å². The van der Waals surface area contributed by atoms with Crippen LogP contribution < -0.4 is 0 Å². The van der Waals surface area contributed by atoms with Crippen molar-refractivity contribution in [2.24, 2.45) is 0 Å². The summed E-state index contributed by atoms with van der Waals surface area (Å²) in [4.78, 5) is 45.2. The Morgan fingerprint density at radius 3 is 0.689 bits per heavy atom. The zero-order valence-electron chi connectivity index (χ0n) is 72.6. The predicted octanol–water partition coefficient (Wildman–Crippen LogP) is 32.2. The van der Waals surface area contributed by atoms with Crippen molar-refractivity contribution in [1.82, 2.24) is 44.9 Å². The van der Waals surface area contributed by atoms with E-state index in [0.29, 0.717) is 52.4 Å². The average molecular weight is 1730 g/mol. The zero-order chi connectivity index (χ0) is 89.2. The summed E-state index contributed by atoms with van der Waals surface area (Å²) in [6.07, 6.45) is 0. The molecule has 0 unspecified atom stereocenters. The Labute approximate surface area is 774 Å². The number of para-hydroxylation sites is 3. The summed E-state index contributed by atoms with van der Waals surface area (Å²) in [6.45, 7) is 0. The first kappa shape index (κ1) is 78.8. The summed E-state index contributed by atoms with van der Waals surface area (Å²) >= 11 is 0. The van der Waals surface area contributed by atoms with Gasteiger partial charge in [-0.2, -0.15) is 0 Å². The molecule has 0 amide bonds. The van der Waals surface area contributed by atoms with E-state index in [1.54, 1.807) is 0 Å². The number of hydrogen-bond acceptors (Lipinski definition) is 12. The van der Waals surface area contributed by atoms with Crippen molar-refractivity contribution in [3.05, 3.63) is 455 Å². The highest BCUT2D eigenvalue weighted by molar-refractivity contribution is 6.19. The van der Waals surface area contributed by atoms with Crippen molar-refractivity contribution in [2.75, 3.05) is 0 Å². The van der Waals surface area contributed by atoms with Gasteiger partial charge in [0.1, 0.15) is 33.5 Å². The third-order valence-electron chi connectivity index (χ3n) is 25.6. The first-order valence-electron chi connectivity index (χ1n) is 45.1. The molecule has 0 fully saturated rings. The molecule has 27 aromatic rings. The number of hydrogen-bond donors (Lipinski definition) is 0. The highest BCUT2D eigenvalue weighted by atomic mass is 16.3. The molecule has 21 aromatic carbocycles. The van der Waals surface area contributed by atoms with Crippen LogP contribution in [0.4, 0.5) is 0 Å². The second kappa shape index (κ2) is 33.6. The minimum atomic E-state index is 0.635. The first-order chi connectivity index (χ1) is 66.9. The lowest BCUT2D eigenvalue weighted by atomic mass is 9.93. The molecule has 0 spiro atoms. The lowest BCUT2D eigenvalue weighted by molar-refractivity contribution is 0.668. The van der Waals surface area contributed by atoms with Crippen LogP contribution in [0.3, 0.4) is 0 Å². The van der Waals surface area contributed by atoms with E-state index in [2.05, 4.69) is 309 Å². The van der Waals surface area contributed by atoms with E-state index in [0.717, 1.165) is 198 Å². The molecule has 135 heavy (non-hydrogen) atoms. The van der Waals surface area contributed by atoms with Gasteiger partial charge < -0.3 is 13.3 Å². The van der Waals surface area contributed by atoms with Crippen LogP contribution >= 0.6 is 0 Å². The Morgan fingerprint density at radius 2 is 0.341 bits per heavy atom. The van der Waals surface area contributed by atoms with Crippen molar-refractivity contribution >= 4 is 130 Å². The molecule has 6 heterocycles. The van der Waals surface area contributed by atoms with E-state index in [1.807, 2.05) is 146 Å². The van der Waals surface area contributed by atoms with Gasteiger partial charge in [0, 0.05) is 82.4 Å². The Kier molecular flexibility index (Phi) is 19.6. The second-order valence-corrected chi connectivity index (χ2v) is 33.7. The third-order valence-corrected chi connectivity index (χ3v) is 25.6. The molecule has 0 aliphatic rings. The van der Waals surface area contributed by atoms with Crippen molar-refractivity contribution in [3.63, 3.8) is 0 Å². The van der Waals surface area contributed by atoms with E-state index >= 15 is 0 Å². The van der Waals surface area contributed by atoms with Crippen LogP contribution in [0.5, 0.6) is 0 Å². The summed E-state index contributed by atoms with van der Waals surface area (Å²) in [5.74, 6) is 5.80. The molecule has 0 aliphatic carbocycles. The maximum absolute atomic E-state index is 6.26. The molecule has 0 aliphatic heterocycles. The van der Waals surface area contributed by atoms with E-state index in [4.69, 9.17) is 58.1 Å². The van der Waals surface area contributed by atoms with Gasteiger partial charge in [-0.15, -0.1) is 0 Å². The summed E-state index contributed by atoms with van der Waals surface area (Å²) < 4.78 is 18.7. The van der Waals surface area contributed by atoms with E-state index in [9.17, 15) is 0 Å². The van der Waals surface area contributed by atoms with Crippen LogP contribution in [0, 0.1) is 0 Å². The van der Waals surface area contributed by atoms with Crippen LogP contribution in [0.1, 0.15) is 0 Å². The predicted molar refractivity (Wildman–Crippen MR) is 552 cm³/mol. The van der Waals surface area contributed by atoms with Crippen LogP contribution in [-0.4, -0.2) is 44.9 Å². The fourth-order valence-corrected chi connectivity index (χ4v) is 19.2. The standard InChI is InChI=1S/C45H27N3O.C41H25N3O.C37H23N3O/c1-3-12-30-26-32(24-22-28(30)10-1)43-46-44(33-25-23-29-11-2-4-13-31(29)27-33)48-45(47-43)38-19-8-15-34-35(16-7-17-36(34)38)37-18-9-21-41-42(37)39-14-5-6-20-40(39)49-41;1-2-12-27(13-3-1)39-42-40(29-24-23-26-11-4-5-14-28(26)25-29)44-41(43-39)34-20-9-16-30-31(17-8-18-32(30)34)33-19-10-22-37-38(33)35-15-6-7-21-36(35)45-37;1-3-11-24(12-4-1)35-38-36(25-13-5-2-6-14-25)40-37(39-35)27-21-22-28-26(23-27)15-9-17-29(28)30-18-10-20-33-34(30)31-16-7-8-19-32(31)41-33/h1-27H;1-25H;1-23H. The number of nitrogens with zero attached hydrogens (tertiary/aromatic N) is 9. The molecule has 0 bridgehead atoms. The molecule has 0 saturated carbocycles. The quantitative estimate of drug-likeness (QED) is 0.114. The van der Waals surface area contributed by atoms with Gasteiger partial charge in [0.05, 0.1) is 0 Å². The Hall–Kier alpha value is -18.4. The normalized spacial score (nSPS) is 11.6. The van der Waals surface area contributed by atoms with E-state index < -0.39 is 0 Å². The lowest BCUT2D eigenvalue weighted by Gasteiger charge is -2.13. The number of furan rings is 3. The fraction of sp³-hybridized carbons (Fsp3) is 0. The molecule has 0 N–H and O–H groups in total. The fourth-order valence-electron chi connectivity index (χ4n) is 19.2. The Bertz CT molecular complexity index is 9200. The molecule has 12 nitrogen and oxygen atoms in total. The van der Waals surface area contributed by atoms with Crippen molar-refractivity contribution in [3.8, 4) is 136 Å². The Morgan fingerprint density at radius 1 is 0.119 bits per heavy atom. The van der Waals surface area contributed by atoms with Crippen LogP contribution in [0.25, 0.3) is 266 Å². The molecule has 27 rings (SSSR count). The Balaban J connectivity index is 0.000000108. The van der Waals surface area contributed by atoms with Gasteiger partial charge in [-0.25, -0.2) is 44.9 Å². The molecule has 12 heteroatoms. The van der Waals surface area contributed by atoms with Crippen LogP contribution in [0.2, 0.25) is 0 Å². The first-order valence-corrected chi connectivity index (χ1v) is 45.1. The number of fused-ring (bicyclic) bond motifs is 15. The molecule has 0 saturated heterocycles. The molecular weight excluding hydrogens is 1650 g/mol. The van der Waals surface area contributed by atoms with Crippen LogP contribution in [0.15, 0.2) is 468 Å². The maximum atomic E-state index is 6.26. The van der Waals surface area contributed by atoms with Gasteiger partial charge in [0.15, 0.2) is 52.4 Å². The number of aromatic nitrogens is 9.